The highest BCUT2D eigenvalue weighted by molar-refractivity contribution is 9.10. The van der Waals surface area contributed by atoms with Crippen LogP contribution < -0.4 is 18.9 Å². The first-order chi connectivity index (χ1) is 15.7. The second-order valence-corrected chi connectivity index (χ2v) is 8.07. The van der Waals surface area contributed by atoms with Gasteiger partial charge in [-0.15, -0.1) is 0 Å². The van der Waals surface area contributed by atoms with Gasteiger partial charge in [0.05, 0.1) is 25.6 Å². The van der Waals surface area contributed by atoms with E-state index in [1.54, 1.807) is 14.2 Å². The molecule has 5 rings (SSSR count). The summed E-state index contributed by atoms with van der Waals surface area (Å²) in [5.41, 5.74) is 5.36. The summed E-state index contributed by atoms with van der Waals surface area (Å²) in [5.74, 6) is 2.96. The molecule has 32 heavy (non-hydrogen) atoms. The molecule has 0 unspecified atom stereocenters. The van der Waals surface area contributed by atoms with Crippen LogP contribution in [0.25, 0.3) is 33.6 Å². The zero-order chi connectivity index (χ0) is 22.1. The number of hydrogen-bond acceptors (Lipinski definition) is 5. The Morgan fingerprint density at radius 3 is 1.81 bits per heavy atom. The molecule has 4 aromatic rings. The second kappa shape index (κ2) is 8.55. The SMILES string of the molecule is COc1ccccc1-c1cc(-c2cc3c(cc2Br)OCO3)cc(-c2ccccc2OC)n1. The van der Waals surface area contributed by atoms with Gasteiger partial charge >= 0.3 is 0 Å². The first kappa shape index (κ1) is 20.4. The van der Waals surface area contributed by atoms with Gasteiger partial charge in [-0.05, 0) is 59.7 Å². The van der Waals surface area contributed by atoms with Crippen LogP contribution in [0.1, 0.15) is 0 Å². The molecule has 0 saturated carbocycles. The maximum absolute atomic E-state index is 5.62. The Morgan fingerprint density at radius 1 is 0.719 bits per heavy atom. The molecule has 3 aromatic carbocycles. The normalized spacial score (nSPS) is 12.0. The Morgan fingerprint density at radius 2 is 1.25 bits per heavy atom. The van der Waals surface area contributed by atoms with Crippen molar-refractivity contribution in [2.24, 2.45) is 0 Å². The van der Waals surface area contributed by atoms with Crippen molar-refractivity contribution in [3.05, 3.63) is 77.3 Å². The molecule has 0 aliphatic carbocycles. The number of halogens is 1. The van der Waals surface area contributed by atoms with E-state index in [9.17, 15) is 0 Å². The lowest BCUT2D eigenvalue weighted by molar-refractivity contribution is 0.174. The summed E-state index contributed by atoms with van der Waals surface area (Å²) in [6.45, 7) is 0.223. The lowest BCUT2D eigenvalue weighted by Crippen LogP contribution is -1.95. The third-order valence-corrected chi connectivity index (χ3v) is 6.02. The van der Waals surface area contributed by atoms with Crippen LogP contribution in [0, 0.1) is 0 Å². The zero-order valence-electron chi connectivity index (χ0n) is 17.6. The van der Waals surface area contributed by atoms with E-state index in [2.05, 4.69) is 28.1 Å². The number of methoxy groups -OCH3 is 2. The van der Waals surface area contributed by atoms with Gasteiger partial charge in [-0.1, -0.05) is 40.2 Å². The molecule has 5 nitrogen and oxygen atoms in total. The van der Waals surface area contributed by atoms with Crippen LogP contribution in [-0.4, -0.2) is 26.0 Å². The van der Waals surface area contributed by atoms with E-state index in [0.717, 1.165) is 61.1 Å². The Hall–Kier alpha value is -3.51. The Bertz CT molecular complexity index is 1240. The number of benzene rings is 3. The van der Waals surface area contributed by atoms with Crippen LogP contribution in [0.2, 0.25) is 0 Å². The Balaban J connectivity index is 1.76. The van der Waals surface area contributed by atoms with Crippen molar-refractivity contribution in [3.8, 4) is 56.6 Å². The third-order valence-electron chi connectivity index (χ3n) is 5.36. The standard InChI is InChI=1S/C26H20BrNO4/c1-29-23-9-5-3-7-17(23)21-11-16(19-13-25-26(14-20(19)27)32-15-31-25)12-22(28-21)18-8-4-6-10-24(18)30-2/h3-14H,15H2,1-2H3. The zero-order valence-corrected chi connectivity index (χ0v) is 19.2. The van der Waals surface area contributed by atoms with Crippen molar-refractivity contribution in [3.63, 3.8) is 0 Å². The fourth-order valence-corrected chi connectivity index (χ4v) is 4.36. The summed E-state index contributed by atoms with van der Waals surface area (Å²) in [6.07, 6.45) is 0. The van der Waals surface area contributed by atoms with Gasteiger partial charge in [0.1, 0.15) is 11.5 Å². The van der Waals surface area contributed by atoms with Gasteiger partial charge in [-0.2, -0.15) is 0 Å². The average Bonchev–Trinajstić information content (AvgIpc) is 3.30. The number of hydrogen-bond donors (Lipinski definition) is 0. The summed E-state index contributed by atoms with van der Waals surface area (Å²) in [5, 5.41) is 0. The molecule has 1 aliphatic heterocycles. The minimum Gasteiger partial charge on any atom is -0.496 e. The molecule has 2 heterocycles. The van der Waals surface area contributed by atoms with E-state index in [0.29, 0.717) is 0 Å². The monoisotopic (exact) mass is 489 g/mol. The van der Waals surface area contributed by atoms with E-state index in [-0.39, 0.29) is 6.79 Å². The van der Waals surface area contributed by atoms with Crippen LogP contribution in [0.15, 0.2) is 77.3 Å². The van der Waals surface area contributed by atoms with Gasteiger partial charge in [0.25, 0.3) is 0 Å². The van der Waals surface area contributed by atoms with Crippen molar-refractivity contribution < 1.29 is 18.9 Å². The summed E-state index contributed by atoms with van der Waals surface area (Å²) in [7, 11) is 3.33. The first-order valence-electron chi connectivity index (χ1n) is 10.1. The lowest BCUT2D eigenvalue weighted by Gasteiger charge is -2.15. The summed E-state index contributed by atoms with van der Waals surface area (Å²) < 4.78 is 23.3. The maximum atomic E-state index is 5.62. The summed E-state index contributed by atoms with van der Waals surface area (Å²) >= 11 is 3.70. The number of nitrogens with zero attached hydrogens (tertiary/aromatic N) is 1. The van der Waals surface area contributed by atoms with Crippen molar-refractivity contribution >= 4 is 15.9 Å². The van der Waals surface area contributed by atoms with E-state index < -0.39 is 0 Å². The molecule has 0 saturated heterocycles. The number of rotatable bonds is 5. The van der Waals surface area contributed by atoms with Crippen LogP contribution >= 0.6 is 15.9 Å². The van der Waals surface area contributed by atoms with Gasteiger partial charge in [-0.25, -0.2) is 4.98 Å². The molecule has 0 atom stereocenters. The minimum absolute atomic E-state index is 0.223. The van der Waals surface area contributed by atoms with Crippen molar-refractivity contribution in [2.75, 3.05) is 21.0 Å². The topological polar surface area (TPSA) is 49.8 Å². The van der Waals surface area contributed by atoms with E-state index in [1.165, 1.54) is 0 Å². The van der Waals surface area contributed by atoms with Gasteiger partial charge in [0.15, 0.2) is 11.5 Å². The van der Waals surface area contributed by atoms with E-state index in [4.69, 9.17) is 23.9 Å². The molecular weight excluding hydrogens is 470 g/mol. The number of aromatic nitrogens is 1. The van der Waals surface area contributed by atoms with Crippen molar-refractivity contribution in [1.29, 1.82) is 0 Å². The fourth-order valence-electron chi connectivity index (χ4n) is 3.81. The largest absolute Gasteiger partial charge is 0.496 e. The smallest absolute Gasteiger partial charge is 0.231 e. The van der Waals surface area contributed by atoms with Crippen LogP contribution in [0.3, 0.4) is 0 Å². The van der Waals surface area contributed by atoms with Gasteiger partial charge in [0.2, 0.25) is 6.79 Å². The quantitative estimate of drug-likeness (QED) is 0.316. The number of pyridine rings is 1. The molecule has 0 amide bonds. The van der Waals surface area contributed by atoms with Gasteiger partial charge in [-0.3, -0.25) is 0 Å². The fraction of sp³-hybridized carbons (Fsp3) is 0.115. The second-order valence-electron chi connectivity index (χ2n) is 7.21. The predicted molar refractivity (Wildman–Crippen MR) is 127 cm³/mol. The molecule has 160 valence electrons. The highest BCUT2D eigenvalue weighted by atomic mass is 79.9. The predicted octanol–water partition coefficient (Wildman–Crippen LogP) is 6.59. The lowest BCUT2D eigenvalue weighted by atomic mass is 9.99. The van der Waals surface area contributed by atoms with Crippen molar-refractivity contribution in [2.45, 2.75) is 0 Å². The molecular formula is C26H20BrNO4. The highest BCUT2D eigenvalue weighted by Gasteiger charge is 2.20. The van der Waals surface area contributed by atoms with Crippen molar-refractivity contribution in [1.82, 2.24) is 4.98 Å². The third kappa shape index (κ3) is 3.67. The van der Waals surface area contributed by atoms with Crippen LogP contribution in [-0.2, 0) is 0 Å². The Kier molecular flexibility index (Phi) is 5.45. The maximum Gasteiger partial charge on any atom is 0.231 e. The molecule has 0 N–H and O–H groups in total. The van der Waals surface area contributed by atoms with Gasteiger partial charge in [0, 0.05) is 15.6 Å². The molecule has 0 bridgehead atoms. The molecule has 1 aliphatic rings. The molecule has 0 spiro atoms. The Labute approximate surface area is 194 Å². The first-order valence-corrected chi connectivity index (χ1v) is 10.9. The molecule has 0 fully saturated rings. The van der Waals surface area contributed by atoms with E-state index in [1.807, 2.05) is 60.7 Å². The number of ether oxygens (including phenoxy) is 4. The number of para-hydroxylation sites is 2. The average molecular weight is 490 g/mol. The summed E-state index contributed by atoms with van der Waals surface area (Å²) in [4.78, 5) is 4.99. The summed E-state index contributed by atoms with van der Waals surface area (Å²) in [6, 6.07) is 23.8. The number of fused-ring (bicyclic) bond motifs is 1. The molecule has 1 aromatic heterocycles. The molecule has 6 heteroatoms. The van der Waals surface area contributed by atoms with E-state index >= 15 is 0 Å². The highest BCUT2D eigenvalue weighted by Crippen LogP contribution is 2.43. The van der Waals surface area contributed by atoms with Gasteiger partial charge < -0.3 is 18.9 Å². The van der Waals surface area contributed by atoms with Crippen LogP contribution in [0.5, 0.6) is 23.0 Å². The minimum atomic E-state index is 0.223. The van der Waals surface area contributed by atoms with Crippen LogP contribution in [0.4, 0.5) is 0 Å². The molecule has 0 radical (unpaired) electrons.